The molecule has 1 aliphatic carbocycles. The van der Waals surface area contributed by atoms with Crippen molar-refractivity contribution in [3.63, 3.8) is 0 Å². The van der Waals surface area contributed by atoms with E-state index in [1.54, 1.807) is 0 Å². The molecule has 0 spiro atoms. The number of fused-ring (bicyclic) bond motifs is 1. The molecule has 2 fully saturated rings. The summed E-state index contributed by atoms with van der Waals surface area (Å²) in [6.45, 7) is 4.86. The van der Waals surface area contributed by atoms with E-state index < -0.39 is 0 Å². The lowest BCUT2D eigenvalue weighted by Crippen LogP contribution is -2.39. The van der Waals surface area contributed by atoms with E-state index in [9.17, 15) is 4.79 Å². The summed E-state index contributed by atoms with van der Waals surface area (Å²) >= 11 is 0. The number of likely N-dealkylation sites (tertiary alicyclic amines) is 1. The van der Waals surface area contributed by atoms with Crippen LogP contribution < -0.4 is 0 Å². The summed E-state index contributed by atoms with van der Waals surface area (Å²) in [6.07, 6.45) is 10.1. The normalized spacial score (nSPS) is 21.8. The number of carbonyl (C=O) groups excluding carboxylic acids is 1. The Balaban J connectivity index is 1.49. The number of hydrogen-bond donors (Lipinski definition) is 0. The van der Waals surface area contributed by atoms with Gasteiger partial charge in [0.15, 0.2) is 0 Å². The molecular weight excluding hydrogens is 306 g/mol. The topological polar surface area (TPSA) is 20.3 Å². The van der Waals surface area contributed by atoms with Crippen molar-refractivity contribution in [1.29, 1.82) is 0 Å². The highest BCUT2D eigenvalue weighted by atomic mass is 16.2. The molecule has 1 saturated heterocycles. The standard InChI is InChI=1S/C23H27NO/c1-2-18-7-6-8-19-15-17(11-12-22(18)19)16-20-13-14-24(23(20)25)21-9-4-3-5-10-21/h2,6-8,11-12,15,20-21H,1,3-5,9-10,13-14,16H2. The van der Waals surface area contributed by atoms with Gasteiger partial charge >= 0.3 is 0 Å². The molecule has 4 rings (SSSR count). The van der Waals surface area contributed by atoms with Crippen molar-refractivity contribution in [1.82, 2.24) is 4.90 Å². The van der Waals surface area contributed by atoms with Gasteiger partial charge in [0.2, 0.25) is 5.91 Å². The van der Waals surface area contributed by atoms with Crippen LogP contribution in [0.4, 0.5) is 0 Å². The Morgan fingerprint density at radius 1 is 1.08 bits per heavy atom. The molecule has 1 amide bonds. The molecular formula is C23H27NO. The molecule has 2 nitrogen and oxygen atoms in total. The lowest BCUT2D eigenvalue weighted by Gasteiger charge is -2.31. The summed E-state index contributed by atoms with van der Waals surface area (Å²) < 4.78 is 0. The van der Waals surface area contributed by atoms with Crippen LogP contribution >= 0.6 is 0 Å². The van der Waals surface area contributed by atoms with Gasteiger partial charge in [0.05, 0.1) is 0 Å². The van der Waals surface area contributed by atoms with E-state index in [0.29, 0.717) is 11.9 Å². The number of nitrogens with zero attached hydrogens (tertiary/aromatic N) is 1. The van der Waals surface area contributed by atoms with Crippen molar-refractivity contribution in [3.05, 3.63) is 54.1 Å². The summed E-state index contributed by atoms with van der Waals surface area (Å²) in [6, 6.07) is 13.5. The third kappa shape index (κ3) is 3.22. The van der Waals surface area contributed by atoms with Gasteiger partial charge in [0.25, 0.3) is 0 Å². The van der Waals surface area contributed by atoms with Gasteiger partial charge in [-0.15, -0.1) is 0 Å². The Morgan fingerprint density at radius 2 is 1.92 bits per heavy atom. The van der Waals surface area contributed by atoms with E-state index in [1.807, 2.05) is 6.08 Å². The van der Waals surface area contributed by atoms with Gasteiger partial charge in [-0.3, -0.25) is 4.79 Å². The average molecular weight is 333 g/mol. The van der Waals surface area contributed by atoms with Crippen LogP contribution in [0.15, 0.2) is 43.0 Å². The number of benzene rings is 2. The largest absolute Gasteiger partial charge is 0.339 e. The molecule has 2 aromatic rings. The quantitative estimate of drug-likeness (QED) is 0.752. The van der Waals surface area contributed by atoms with Gasteiger partial charge < -0.3 is 4.90 Å². The first-order valence-electron chi connectivity index (χ1n) is 9.71. The van der Waals surface area contributed by atoms with Gasteiger partial charge in [-0.2, -0.15) is 0 Å². The highest BCUT2D eigenvalue weighted by Gasteiger charge is 2.36. The zero-order chi connectivity index (χ0) is 17.2. The smallest absolute Gasteiger partial charge is 0.226 e. The molecule has 2 aliphatic rings. The predicted octanol–water partition coefficient (Wildman–Crippen LogP) is 5.21. The summed E-state index contributed by atoms with van der Waals surface area (Å²) in [7, 11) is 0. The molecule has 1 unspecified atom stereocenters. The first kappa shape index (κ1) is 16.4. The molecule has 1 saturated carbocycles. The highest BCUT2D eigenvalue weighted by molar-refractivity contribution is 5.91. The van der Waals surface area contributed by atoms with Gasteiger partial charge in [0, 0.05) is 18.5 Å². The number of carbonyl (C=O) groups is 1. The van der Waals surface area contributed by atoms with Crippen LogP contribution in [0.1, 0.15) is 49.7 Å². The zero-order valence-corrected chi connectivity index (χ0v) is 14.9. The summed E-state index contributed by atoms with van der Waals surface area (Å²) in [4.78, 5) is 15.1. The van der Waals surface area contributed by atoms with E-state index in [2.05, 4.69) is 47.9 Å². The first-order valence-corrected chi connectivity index (χ1v) is 9.71. The van der Waals surface area contributed by atoms with Gasteiger partial charge in [-0.1, -0.05) is 68.3 Å². The maximum Gasteiger partial charge on any atom is 0.226 e. The lowest BCUT2D eigenvalue weighted by molar-refractivity contribution is -0.133. The van der Waals surface area contributed by atoms with Crippen molar-refractivity contribution in [2.24, 2.45) is 5.92 Å². The van der Waals surface area contributed by atoms with Crippen LogP contribution in [0.5, 0.6) is 0 Å². The fourth-order valence-corrected chi connectivity index (χ4v) is 4.66. The Bertz CT molecular complexity index is 788. The second-order valence-corrected chi connectivity index (χ2v) is 7.62. The molecule has 0 aromatic heterocycles. The molecule has 2 heteroatoms. The van der Waals surface area contributed by atoms with E-state index in [4.69, 9.17) is 0 Å². The maximum atomic E-state index is 12.9. The van der Waals surface area contributed by atoms with Gasteiger partial charge in [-0.05, 0) is 47.6 Å². The van der Waals surface area contributed by atoms with E-state index in [0.717, 1.165) is 19.4 Å². The SMILES string of the molecule is C=Cc1cccc2cc(CC3CCN(C4CCCCC4)C3=O)ccc12. The lowest BCUT2D eigenvalue weighted by atomic mass is 9.93. The van der Waals surface area contributed by atoms with Gasteiger partial charge in [-0.25, -0.2) is 0 Å². The molecule has 0 radical (unpaired) electrons. The fourth-order valence-electron chi connectivity index (χ4n) is 4.66. The van der Waals surface area contributed by atoms with E-state index in [1.165, 1.54) is 54.0 Å². The zero-order valence-electron chi connectivity index (χ0n) is 14.9. The average Bonchev–Trinajstić information content (AvgIpc) is 3.02. The van der Waals surface area contributed by atoms with Crippen molar-refractivity contribution in [3.8, 4) is 0 Å². The maximum absolute atomic E-state index is 12.9. The summed E-state index contributed by atoms with van der Waals surface area (Å²) in [5.41, 5.74) is 2.45. The predicted molar refractivity (Wildman–Crippen MR) is 104 cm³/mol. The second kappa shape index (κ2) is 7.03. The van der Waals surface area contributed by atoms with Crippen LogP contribution in [-0.4, -0.2) is 23.4 Å². The van der Waals surface area contributed by atoms with Crippen LogP contribution in [0.3, 0.4) is 0 Å². The van der Waals surface area contributed by atoms with Crippen LogP contribution in [0.2, 0.25) is 0 Å². The first-order chi connectivity index (χ1) is 12.3. The van der Waals surface area contributed by atoms with Crippen LogP contribution in [0, 0.1) is 5.92 Å². The molecule has 1 atom stereocenters. The molecule has 1 aliphatic heterocycles. The van der Waals surface area contributed by atoms with Crippen molar-refractivity contribution in [2.75, 3.05) is 6.54 Å². The Labute approximate surface area is 150 Å². The van der Waals surface area contributed by atoms with Crippen LogP contribution in [-0.2, 0) is 11.2 Å². The number of amides is 1. The Hall–Kier alpha value is -2.09. The molecule has 0 bridgehead atoms. The summed E-state index contributed by atoms with van der Waals surface area (Å²) in [5, 5.41) is 2.48. The minimum atomic E-state index is 0.168. The molecule has 2 aromatic carbocycles. The Kier molecular flexibility index (Phi) is 4.61. The number of hydrogen-bond acceptors (Lipinski definition) is 1. The fraction of sp³-hybridized carbons (Fsp3) is 0.435. The minimum Gasteiger partial charge on any atom is -0.339 e. The van der Waals surface area contributed by atoms with Gasteiger partial charge in [0.1, 0.15) is 0 Å². The molecule has 1 heterocycles. The minimum absolute atomic E-state index is 0.168. The van der Waals surface area contributed by atoms with E-state index in [-0.39, 0.29) is 5.92 Å². The van der Waals surface area contributed by atoms with Crippen LogP contribution in [0.25, 0.3) is 16.8 Å². The molecule has 25 heavy (non-hydrogen) atoms. The Morgan fingerprint density at radius 3 is 2.72 bits per heavy atom. The molecule has 0 N–H and O–H groups in total. The number of rotatable bonds is 4. The molecule has 130 valence electrons. The second-order valence-electron chi connectivity index (χ2n) is 7.62. The van der Waals surface area contributed by atoms with E-state index >= 15 is 0 Å². The monoisotopic (exact) mass is 333 g/mol. The third-order valence-electron chi connectivity index (χ3n) is 6.05. The third-order valence-corrected chi connectivity index (χ3v) is 6.05. The summed E-state index contributed by atoms with van der Waals surface area (Å²) in [5.74, 6) is 0.564. The highest BCUT2D eigenvalue weighted by Crippen LogP contribution is 2.31. The van der Waals surface area contributed by atoms with Crippen molar-refractivity contribution in [2.45, 2.75) is 51.0 Å². The van der Waals surface area contributed by atoms with Crippen molar-refractivity contribution >= 4 is 22.8 Å². The van der Waals surface area contributed by atoms with Crippen molar-refractivity contribution < 1.29 is 4.79 Å².